The van der Waals surface area contributed by atoms with Gasteiger partial charge in [-0.3, -0.25) is 39.7 Å². The Labute approximate surface area is 199 Å². The molecule has 3 aromatic rings. The van der Waals surface area contributed by atoms with Gasteiger partial charge in [0.15, 0.2) is 0 Å². The largest absolute Gasteiger partial charge is 0.274 e. The summed E-state index contributed by atoms with van der Waals surface area (Å²) >= 11 is 0. The van der Waals surface area contributed by atoms with Crippen LogP contribution in [0.4, 0.5) is 11.4 Å². The molecule has 1 saturated heterocycles. The summed E-state index contributed by atoms with van der Waals surface area (Å²) in [6, 6.07) is 13.2. The van der Waals surface area contributed by atoms with Gasteiger partial charge in [0.25, 0.3) is 23.4 Å². The van der Waals surface area contributed by atoms with Crippen LogP contribution in [-0.4, -0.2) is 44.6 Å². The molecule has 0 bridgehead atoms. The number of amides is 4. The minimum atomic E-state index is -1.37. The van der Waals surface area contributed by atoms with E-state index < -0.39 is 41.0 Å². The number of hydrogen-bond acceptors (Lipinski definition) is 7. The van der Waals surface area contributed by atoms with E-state index in [0.717, 1.165) is 16.0 Å². The number of benzene rings is 2. The summed E-state index contributed by atoms with van der Waals surface area (Å²) in [7, 11) is 0. The number of carbonyl (C=O) groups is 4. The molecule has 11 heteroatoms. The Balaban J connectivity index is 1.70. The lowest BCUT2D eigenvalue weighted by Gasteiger charge is -2.28. The number of anilines is 1. The van der Waals surface area contributed by atoms with Crippen LogP contribution in [0.15, 0.2) is 73.1 Å². The molecular weight excluding hydrogens is 454 g/mol. The summed E-state index contributed by atoms with van der Waals surface area (Å²) in [6.07, 6.45) is 2.34. The van der Waals surface area contributed by atoms with Crippen LogP contribution in [0.3, 0.4) is 0 Å². The number of aryl methyl sites for hydroxylation is 1. The molecule has 4 amide bonds. The normalized spacial score (nSPS) is 15.1. The van der Waals surface area contributed by atoms with Gasteiger partial charge in [-0.05, 0) is 36.8 Å². The summed E-state index contributed by atoms with van der Waals surface area (Å²) in [5.74, 6) is -2.83. The minimum Gasteiger partial charge on any atom is -0.274 e. The third kappa shape index (κ3) is 4.60. The molecular formula is C24H19N5O6. The molecule has 0 radical (unpaired) electrons. The van der Waals surface area contributed by atoms with E-state index in [1.165, 1.54) is 42.7 Å². The Morgan fingerprint density at radius 3 is 2.49 bits per heavy atom. The predicted molar refractivity (Wildman–Crippen MR) is 123 cm³/mol. The lowest BCUT2D eigenvalue weighted by molar-refractivity contribution is -0.384. The molecule has 176 valence electrons. The molecule has 4 rings (SSSR count). The zero-order valence-electron chi connectivity index (χ0n) is 18.5. The highest BCUT2D eigenvalue weighted by atomic mass is 16.6. The molecule has 1 fully saturated rings. The summed E-state index contributed by atoms with van der Waals surface area (Å²) in [5, 5.41) is 12.0. The average Bonchev–Trinajstić information content (AvgIpc) is 3.16. The van der Waals surface area contributed by atoms with Gasteiger partial charge in [0.05, 0.1) is 17.0 Å². The van der Waals surface area contributed by atoms with Gasteiger partial charge < -0.3 is 0 Å². The van der Waals surface area contributed by atoms with E-state index in [9.17, 15) is 29.3 Å². The molecule has 2 heterocycles. The van der Waals surface area contributed by atoms with Crippen molar-refractivity contribution in [3.8, 4) is 0 Å². The number of carbonyl (C=O) groups excluding carboxylic acids is 4. The summed E-state index contributed by atoms with van der Waals surface area (Å²) in [6.45, 7) is 1.72. The fraction of sp³-hybridized carbons (Fsp3) is 0.125. The SMILES string of the molecule is Cc1ccccc1C(=O)NN(C(=O)c1ccncc1)C1CC(=O)N(c2cccc([N+](=O)[O-])c2)C1=O. The molecule has 0 spiro atoms. The van der Waals surface area contributed by atoms with Gasteiger partial charge in [0.2, 0.25) is 5.91 Å². The maximum absolute atomic E-state index is 13.3. The van der Waals surface area contributed by atoms with E-state index in [1.807, 2.05) is 0 Å². The number of non-ortho nitro benzene ring substituents is 1. The summed E-state index contributed by atoms with van der Waals surface area (Å²) in [5.41, 5.74) is 3.25. The second kappa shape index (κ2) is 9.51. The van der Waals surface area contributed by atoms with E-state index in [0.29, 0.717) is 5.56 Å². The zero-order valence-corrected chi connectivity index (χ0v) is 18.5. The molecule has 1 aliphatic rings. The fourth-order valence-electron chi connectivity index (χ4n) is 3.74. The van der Waals surface area contributed by atoms with Gasteiger partial charge >= 0.3 is 0 Å². The predicted octanol–water partition coefficient (Wildman–Crippen LogP) is 2.42. The van der Waals surface area contributed by atoms with Crippen molar-refractivity contribution in [3.63, 3.8) is 0 Å². The molecule has 2 aromatic carbocycles. The Morgan fingerprint density at radius 1 is 1.09 bits per heavy atom. The van der Waals surface area contributed by atoms with Crippen LogP contribution in [0.1, 0.15) is 32.7 Å². The molecule has 11 nitrogen and oxygen atoms in total. The number of pyridine rings is 1. The zero-order chi connectivity index (χ0) is 25.1. The first-order chi connectivity index (χ1) is 16.8. The standard InChI is InChI=1S/C24H19N5O6/c1-15-5-2-3-8-19(15)22(31)26-28(23(32)16-9-11-25-12-10-16)20-14-21(30)27(24(20)33)17-6-4-7-18(13-17)29(34)35/h2-13,20H,14H2,1H3,(H,26,31). The molecule has 0 saturated carbocycles. The van der Waals surface area contributed by atoms with E-state index in [1.54, 1.807) is 31.2 Å². The van der Waals surface area contributed by atoms with Crippen molar-refractivity contribution in [3.05, 3.63) is 99.9 Å². The van der Waals surface area contributed by atoms with Crippen LogP contribution in [0.25, 0.3) is 0 Å². The highest BCUT2D eigenvalue weighted by molar-refractivity contribution is 6.23. The molecule has 1 atom stereocenters. The number of imide groups is 1. The Bertz CT molecular complexity index is 1340. The lowest BCUT2D eigenvalue weighted by atomic mass is 10.1. The van der Waals surface area contributed by atoms with Crippen LogP contribution in [0.5, 0.6) is 0 Å². The van der Waals surface area contributed by atoms with Crippen LogP contribution < -0.4 is 10.3 Å². The van der Waals surface area contributed by atoms with Crippen molar-refractivity contribution >= 4 is 35.0 Å². The number of hydrazine groups is 1. The number of rotatable bonds is 5. The van der Waals surface area contributed by atoms with Crippen molar-refractivity contribution < 1.29 is 24.1 Å². The van der Waals surface area contributed by atoms with Crippen molar-refractivity contribution in [1.82, 2.24) is 15.4 Å². The number of nitro groups is 1. The van der Waals surface area contributed by atoms with E-state index >= 15 is 0 Å². The van der Waals surface area contributed by atoms with Gasteiger partial charge in [0.1, 0.15) is 6.04 Å². The lowest BCUT2D eigenvalue weighted by Crippen LogP contribution is -2.54. The van der Waals surface area contributed by atoms with Crippen molar-refractivity contribution in [1.29, 1.82) is 0 Å². The molecule has 1 N–H and O–H groups in total. The molecule has 1 aromatic heterocycles. The van der Waals surface area contributed by atoms with Gasteiger partial charge in [-0.15, -0.1) is 0 Å². The molecule has 1 unspecified atom stereocenters. The van der Waals surface area contributed by atoms with E-state index in [4.69, 9.17) is 0 Å². The molecule has 1 aliphatic heterocycles. The minimum absolute atomic E-state index is 0.00163. The second-order valence-electron chi connectivity index (χ2n) is 7.73. The number of nitrogens with one attached hydrogen (secondary N) is 1. The van der Waals surface area contributed by atoms with Gasteiger partial charge in [-0.25, -0.2) is 9.91 Å². The Hall–Kier alpha value is -4.93. The monoisotopic (exact) mass is 473 g/mol. The average molecular weight is 473 g/mol. The van der Waals surface area contributed by atoms with Gasteiger partial charge in [-0.2, -0.15) is 0 Å². The number of nitrogens with zero attached hydrogens (tertiary/aromatic N) is 4. The first-order valence-corrected chi connectivity index (χ1v) is 10.5. The van der Waals surface area contributed by atoms with Crippen molar-refractivity contribution in [2.24, 2.45) is 0 Å². The Kier molecular flexibility index (Phi) is 6.32. The summed E-state index contributed by atoms with van der Waals surface area (Å²) < 4.78 is 0. The Morgan fingerprint density at radius 2 is 1.80 bits per heavy atom. The first kappa shape index (κ1) is 23.2. The fourth-order valence-corrected chi connectivity index (χ4v) is 3.74. The molecule has 0 aliphatic carbocycles. The van der Waals surface area contributed by atoms with Crippen LogP contribution in [-0.2, 0) is 9.59 Å². The second-order valence-corrected chi connectivity index (χ2v) is 7.73. The quantitative estimate of drug-likeness (QED) is 0.340. The molecule has 35 heavy (non-hydrogen) atoms. The van der Waals surface area contributed by atoms with Gasteiger partial charge in [-0.1, -0.05) is 24.3 Å². The first-order valence-electron chi connectivity index (χ1n) is 10.5. The van der Waals surface area contributed by atoms with Crippen LogP contribution >= 0.6 is 0 Å². The smallest absolute Gasteiger partial charge is 0.273 e. The van der Waals surface area contributed by atoms with Crippen molar-refractivity contribution in [2.45, 2.75) is 19.4 Å². The maximum atomic E-state index is 13.3. The highest BCUT2D eigenvalue weighted by Gasteiger charge is 2.46. The number of nitro benzene ring substituents is 1. The summed E-state index contributed by atoms with van der Waals surface area (Å²) in [4.78, 5) is 67.7. The maximum Gasteiger partial charge on any atom is 0.273 e. The topological polar surface area (TPSA) is 143 Å². The third-order valence-electron chi connectivity index (χ3n) is 5.49. The number of hydrogen-bond donors (Lipinski definition) is 1. The van der Waals surface area contributed by atoms with Crippen LogP contribution in [0.2, 0.25) is 0 Å². The van der Waals surface area contributed by atoms with E-state index in [-0.39, 0.29) is 22.5 Å². The number of aromatic nitrogens is 1. The van der Waals surface area contributed by atoms with Gasteiger partial charge in [0, 0.05) is 35.7 Å². The highest BCUT2D eigenvalue weighted by Crippen LogP contribution is 2.28. The third-order valence-corrected chi connectivity index (χ3v) is 5.49. The van der Waals surface area contributed by atoms with Crippen molar-refractivity contribution in [2.75, 3.05) is 4.90 Å². The van der Waals surface area contributed by atoms with Crippen LogP contribution in [0, 0.1) is 17.0 Å². The van der Waals surface area contributed by atoms with E-state index in [2.05, 4.69) is 10.4 Å².